The van der Waals surface area contributed by atoms with E-state index in [2.05, 4.69) is 14.7 Å². The van der Waals surface area contributed by atoms with Gasteiger partial charge < -0.3 is 4.74 Å². The number of nitrogens with zero attached hydrogens (tertiary/aromatic N) is 2. The number of hydrogen-bond donors (Lipinski definition) is 0. The largest absolute Gasteiger partial charge is 0.463 e. The van der Waals surface area contributed by atoms with Gasteiger partial charge in [0.25, 0.3) is 0 Å². The number of methoxy groups -OCH3 is 1. The summed E-state index contributed by atoms with van der Waals surface area (Å²) in [6.45, 7) is 0. The summed E-state index contributed by atoms with van der Waals surface area (Å²) in [6, 6.07) is 0. The molecule has 2 heterocycles. The number of hydrogen-bond acceptors (Lipinski definition) is 5. The maximum atomic E-state index is 11.0. The lowest BCUT2D eigenvalue weighted by molar-refractivity contribution is 0.0587. The number of carbonyl (C=O) groups is 1. The molecular formula is C8H6N2O2S. The molecule has 5 heteroatoms. The van der Waals surface area contributed by atoms with Gasteiger partial charge in [0.05, 0.1) is 12.6 Å². The molecule has 66 valence electrons. The second kappa shape index (κ2) is 3.10. The van der Waals surface area contributed by atoms with E-state index >= 15 is 0 Å². The zero-order valence-electron chi connectivity index (χ0n) is 6.85. The predicted octanol–water partition coefficient (Wildman–Crippen LogP) is 1.48. The van der Waals surface area contributed by atoms with Gasteiger partial charge in [0, 0.05) is 22.3 Å². The number of ether oxygens (including phenoxy) is 1. The Balaban J connectivity index is 2.54. The number of carbonyl (C=O) groups excluding carboxylic acids is 1. The normalized spacial score (nSPS) is 10.2. The highest BCUT2D eigenvalue weighted by Gasteiger charge is 2.09. The van der Waals surface area contributed by atoms with E-state index in [9.17, 15) is 4.79 Å². The third-order valence-corrected chi connectivity index (χ3v) is 2.34. The average molecular weight is 194 g/mol. The van der Waals surface area contributed by atoms with Gasteiger partial charge in [0.15, 0.2) is 0 Å². The number of rotatable bonds is 1. The average Bonchev–Trinajstić information content (AvgIpc) is 2.63. The second-order valence-electron chi connectivity index (χ2n) is 2.40. The van der Waals surface area contributed by atoms with E-state index in [1.54, 1.807) is 6.20 Å². The zero-order chi connectivity index (χ0) is 9.26. The lowest BCUT2D eigenvalue weighted by atomic mass is 10.4. The van der Waals surface area contributed by atoms with Gasteiger partial charge in [-0.1, -0.05) is 0 Å². The predicted molar refractivity (Wildman–Crippen MR) is 48.8 cm³/mol. The van der Waals surface area contributed by atoms with Crippen LogP contribution in [-0.4, -0.2) is 23.0 Å². The van der Waals surface area contributed by atoms with Gasteiger partial charge in [0.2, 0.25) is 5.82 Å². The van der Waals surface area contributed by atoms with Crippen molar-refractivity contribution in [3.8, 4) is 0 Å². The number of fused-ring (bicyclic) bond motifs is 1. The Morgan fingerprint density at radius 1 is 1.54 bits per heavy atom. The molecule has 0 spiro atoms. The standard InChI is InChI=1S/C8H6N2O2S/c1-12-8(11)7-9-2-5-3-13-4-6(5)10-7/h2-4H,1H3. The van der Waals surface area contributed by atoms with Gasteiger partial charge in [-0.15, -0.1) is 11.3 Å². The fourth-order valence-corrected chi connectivity index (χ4v) is 1.66. The molecule has 0 aliphatic carbocycles. The summed E-state index contributed by atoms with van der Waals surface area (Å²) in [5, 5.41) is 4.73. The van der Waals surface area contributed by atoms with Crippen molar-refractivity contribution in [1.82, 2.24) is 9.97 Å². The lowest BCUT2D eigenvalue weighted by Gasteiger charge is -1.95. The fraction of sp³-hybridized carbons (Fsp3) is 0.125. The molecule has 0 atom stereocenters. The van der Waals surface area contributed by atoms with Gasteiger partial charge in [-0.05, 0) is 0 Å². The van der Waals surface area contributed by atoms with Gasteiger partial charge >= 0.3 is 5.97 Å². The first-order chi connectivity index (χ1) is 6.31. The minimum absolute atomic E-state index is 0.105. The molecule has 0 amide bonds. The molecule has 4 nitrogen and oxygen atoms in total. The quantitative estimate of drug-likeness (QED) is 0.645. The molecule has 0 radical (unpaired) electrons. The molecule has 0 saturated carbocycles. The van der Waals surface area contributed by atoms with Crippen LogP contribution in [0.4, 0.5) is 0 Å². The van der Waals surface area contributed by atoms with Crippen molar-refractivity contribution in [2.45, 2.75) is 0 Å². The topological polar surface area (TPSA) is 52.1 Å². The maximum absolute atomic E-state index is 11.0. The first-order valence-corrected chi connectivity index (χ1v) is 4.53. The van der Waals surface area contributed by atoms with Crippen molar-refractivity contribution in [3.63, 3.8) is 0 Å². The highest BCUT2D eigenvalue weighted by molar-refractivity contribution is 7.09. The molecule has 0 unspecified atom stereocenters. The summed E-state index contributed by atoms with van der Waals surface area (Å²) in [5.41, 5.74) is 0.778. The minimum atomic E-state index is -0.506. The van der Waals surface area contributed by atoms with Crippen LogP contribution in [0.1, 0.15) is 10.6 Å². The third kappa shape index (κ3) is 1.38. The second-order valence-corrected chi connectivity index (χ2v) is 3.14. The monoisotopic (exact) mass is 194 g/mol. The van der Waals surface area contributed by atoms with Crippen molar-refractivity contribution in [2.75, 3.05) is 7.11 Å². The van der Waals surface area contributed by atoms with Gasteiger partial charge in [-0.2, -0.15) is 0 Å². The lowest BCUT2D eigenvalue weighted by Crippen LogP contribution is -2.06. The maximum Gasteiger partial charge on any atom is 0.376 e. The van der Waals surface area contributed by atoms with Gasteiger partial charge in [0.1, 0.15) is 0 Å². The van der Waals surface area contributed by atoms with Crippen LogP contribution in [-0.2, 0) is 4.74 Å². The van der Waals surface area contributed by atoms with Crippen LogP contribution in [0.2, 0.25) is 0 Å². The minimum Gasteiger partial charge on any atom is -0.463 e. The Labute approximate surface area is 78.2 Å². The van der Waals surface area contributed by atoms with Crippen molar-refractivity contribution in [3.05, 3.63) is 22.8 Å². The van der Waals surface area contributed by atoms with Crippen molar-refractivity contribution >= 4 is 28.2 Å². The van der Waals surface area contributed by atoms with E-state index < -0.39 is 5.97 Å². The van der Waals surface area contributed by atoms with Crippen LogP contribution in [0.25, 0.3) is 10.9 Å². The molecule has 13 heavy (non-hydrogen) atoms. The van der Waals surface area contributed by atoms with Crippen LogP contribution >= 0.6 is 11.3 Å². The summed E-state index contributed by atoms with van der Waals surface area (Å²) in [5.74, 6) is -0.401. The summed E-state index contributed by atoms with van der Waals surface area (Å²) < 4.78 is 4.50. The Morgan fingerprint density at radius 3 is 3.15 bits per heavy atom. The number of esters is 1. The summed E-state index contributed by atoms with van der Waals surface area (Å²) in [7, 11) is 1.31. The SMILES string of the molecule is COC(=O)c1ncc2cscc2n1. The number of aromatic nitrogens is 2. The highest BCUT2D eigenvalue weighted by Crippen LogP contribution is 2.15. The van der Waals surface area contributed by atoms with E-state index in [-0.39, 0.29) is 5.82 Å². The Morgan fingerprint density at radius 2 is 2.38 bits per heavy atom. The molecule has 0 aliphatic heterocycles. The Bertz CT molecular complexity index is 452. The molecule has 0 saturated heterocycles. The molecule has 0 aliphatic rings. The molecule has 0 N–H and O–H groups in total. The third-order valence-electron chi connectivity index (χ3n) is 1.59. The van der Waals surface area contributed by atoms with Gasteiger partial charge in [-0.3, -0.25) is 0 Å². The molecule has 0 aromatic carbocycles. The molecule has 2 aromatic rings. The van der Waals surface area contributed by atoms with Crippen molar-refractivity contribution < 1.29 is 9.53 Å². The molecule has 2 aromatic heterocycles. The smallest absolute Gasteiger partial charge is 0.376 e. The Kier molecular flexibility index (Phi) is 1.94. The summed E-state index contributed by atoms with van der Waals surface area (Å²) in [4.78, 5) is 18.9. The van der Waals surface area contributed by atoms with Gasteiger partial charge in [-0.25, -0.2) is 14.8 Å². The van der Waals surface area contributed by atoms with Crippen molar-refractivity contribution in [2.24, 2.45) is 0 Å². The first-order valence-electron chi connectivity index (χ1n) is 3.58. The van der Waals surface area contributed by atoms with Crippen LogP contribution in [0.5, 0.6) is 0 Å². The van der Waals surface area contributed by atoms with E-state index in [0.717, 1.165) is 10.9 Å². The fourth-order valence-electron chi connectivity index (χ4n) is 0.951. The first kappa shape index (κ1) is 8.12. The molecule has 0 bridgehead atoms. The van der Waals surface area contributed by atoms with E-state index in [4.69, 9.17) is 0 Å². The van der Waals surface area contributed by atoms with Crippen LogP contribution in [0, 0.1) is 0 Å². The van der Waals surface area contributed by atoms with E-state index in [1.807, 2.05) is 10.8 Å². The highest BCUT2D eigenvalue weighted by atomic mass is 32.1. The van der Waals surface area contributed by atoms with Crippen LogP contribution in [0.15, 0.2) is 17.0 Å². The number of thiophene rings is 1. The molecule has 0 fully saturated rings. The van der Waals surface area contributed by atoms with E-state index in [1.165, 1.54) is 18.4 Å². The molecule has 2 rings (SSSR count). The molecular weight excluding hydrogens is 188 g/mol. The van der Waals surface area contributed by atoms with E-state index in [0.29, 0.717) is 0 Å². The zero-order valence-corrected chi connectivity index (χ0v) is 7.67. The van der Waals surface area contributed by atoms with Crippen LogP contribution in [0.3, 0.4) is 0 Å². The Hall–Kier alpha value is -1.49. The van der Waals surface area contributed by atoms with Crippen LogP contribution < -0.4 is 0 Å². The van der Waals surface area contributed by atoms with Crippen molar-refractivity contribution in [1.29, 1.82) is 0 Å². The summed E-state index contributed by atoms with van der Waals surface area (Å²) >= 11 is 1.53. The summed E-state index contributed by atoms with van der Waals surface area (Å²) in [6.07, 6.45) is 1.62.